The van der Waals surface area contributed by atoms with Crippen molar-refractivity contribution in [3.05, 3.63) is 23.2 Å². The summed E-state index contributed by atoms with van der Waals surface area (Å²) < 4.78 is 0. The molecule has 17 heavy (non-hydrogen) atoms. The Labute approximate surface area is 106 Å². The average Bonchev–Trinajstić information content (AvgIpc) is 2.80. The summed E-state index contributed by atoms with van der Waals surface area (Å²) in [5.41, 5.74) is 7.45. The molecule has 5 heteroatoms. The Bertz CT molecular complexity index is 436. The van der Waals surface area contributed by atoms with Crippen LogP contribution in [0, 0.1) is 0 Å². The molecule has 1 aromatic rings. The van der Waals surface area contributed by atoms with Gasteiger partial charge in [0.15, 0.2) is 0 Å². The van der Waals surface area contributed by atoms with Crippen LogP contribution in [0.4, 0.5) is 11.4 Å². The molecule has 1 aliphatic rings. The van der Waals surface area contributed by atoms with E-state index < -0.39 is 0 Å². The third-order valence-corrected chi connectivity index (χ3v) is 3.34. The fourth-order valence-electron chi connectivity index (χ4n) is 2.26. The quantitative estimate of drug-likeness (QED) is 0.788. The number of nitrogens with two attached hydrogens (primary N) is 1. The summed E-state index contributed by atoms with van der Waals surface area (Å²) in [7, 11) is 1.65. The highest BCUT2D eigenvalue weighted by Crippen LogP contribution is 2.32. The van der Waals surface area contributed by atoms with Crippen LogP contribution >= 0.6 is 11.6 Å². The van der Waals surface area contributed by atoms with Crippen LogP contribution in [-0.4, -0.2) is 25.5 Å². The van der Waals surface area contributed by atoms with E-state index >= 15 is 0 Å². The van der Waals surface area contributed by atoms with Crippen molar-refractivity contribution in [3.8, 4) is 0 Å². The topological polar surface area (TPSA) is 58.4 Å². The number of halogens is 1. The Morgan fingerprint density at radius 1 is 1.59 bits per heavy atom. The minimum Gasteiger partial charge on any atom is -0.397 e. The number of carbonyl (C=O) groups excluding carboxylic acids is 1. The summed E-state index contributed by atoms with van der Waals surface area (Å²) >= 11 is 5.97. The van der Waals surface area contributed by atoms with E-state index in [-0.39, 0.29) is 11.9 Å². The van der Waals surface area contributed by atoms with Gasteiger partial charge in [0.1, 0.15) is 6.04 Å². The van der Waals surface area contributed by atoms with Crippen LogP contribution in [-0.2, 0) is 4.79 Å². The zero-order valence-corrected chi connectivity index (χ0v) is 10.5. The lowest BCUT2D eigenvalue weighted by molar-refractivity contribution is -0.121. The van der Waals surface area contributed by atoms with Gasteiger partial charge in [0.2, 0.25) is 5.91 Å². The van der Waals surface area contributed by atoms with E-state index in [2.05, 4.69) is 5.32 Å². The fraction of sp³-hybridized carbons (Fsp3) is 0.417. The average molecular weight is 254 g/mol. The molecule has 1 aliphatic heterocycles. The lowest BCUT2D eigenvalue weighted by Crippen LogP contribution is -2.42. The van der Waals surface area contributed by atoms with Gasteiger partial charge in [-0.15, -0.1) is 0 Å². The van der Waals surface area contributed by atoms with Crippen LogP contribution in [0.25, 0.3) is 0 Å². The molecule has 1 heterocycles. The van der Waals surface area contributed by atoms with Crippen molar-refractivity contribution in [1.82, 2.24) is 5.32 Å². The number of likely N-dealkylation sites (N-methyl/N-ethyl adjacent to an activating group) is 1. The Hall–Kier alpha value is -1.42. The molecule has 1 fully saturated rings. The predicted molar refractivity (Wildman–Crippen MR) is 70.3 cm³/mol. The number of rotatable bonds is 2. The molecule has 1 unspecified atom stereocenters. The highest BCUT2D eigenvalue weighted by atomic mass is 35.5. The second-order valence-electron chi connectivity index (χ2n) is 4.17. The molecular weight excluding hydrogens is 238 g/mol. The normalized spacial score (nSPS) is 19.4. The summed E-state index contributed by atoms with van der Waals surface area (Å²) in [6.07, 6.45) is 1.84. The van der Waals surface area contributed by atoms with Crippen molar-refractivity contribution in [2.75, 3.05) is 24.2 Å². The summed E-state index contributed by atoms with van der Waals surface area (Å²) in [6, 6.07) is 5.21. The van der Waals surface area contributed by atoms with Gasteiger partial charge in [-0.05, 0) is 31.0 Å². The predicted octanol–water partition coefficient (Wildman–Crippen LogP) is 1.64. The van der Waals surface area contributed by atoms with Gasteiger partial charge in [0, 0.05) is 18.6 Å². The molecule has 1 aromatic carbocycles. The number of nitrogens with zero attached hydrogens (tertiary/aromatic N) is 1. The van der Waals surface area contributed by atoms with Crippen LogP contribution in [0.3, 0.4) is 0 Å². The molecule has 0 aliphatic carbocycles. The molecule has 3 N–H and O–H groups in total. The van der Waals surface area contributed by atoms with Crippen molar-refractivity contribution in [3.63, 3.8) is 0 Å². The van der Waals surface area contributed by atoms with E-state index in [0.29, 0.717) is 10.7 Å². The van der Waals surface area contributed by atoms with E-state index in [1.807, 2.05) is 11.0 Å². The summed E-state index contributed by atoms with van der Waals surface area (Å²) in [6.45, 7) is 0.836. The molecule has 1 atom stereocenters. The highest BCUT2D eigenvalue weighted by molar-refractivity contribution is 6.31. The minimum absolute atomic E-state index is 0.0295. The Morgan fingerprint density at radius 2 is 2.35 bits per heavy atom. The van der Waals surface area contributed by atoms with E-state index in [0.717, 1.165) is 25.1 Å². The van der Waals surface area contributed by atoms with Crippen molar-refractivity contribution < 1.29 is 4.79 Å². The first kappa shape index (κ1) is 12.0. The van der Waals surface area contributed by atoms with Crippen LogP contribution in [0.5, 0.6) is 0 Å². The van der Waals surface area contributed by atoms with Crippen molar-refractivity contribution in [2.24, 2.45) is 0 Å². The summed E-state index contributed by atoms with van der Waals surface area (Å²) in [5, 5.41) is 3.32. The molecular formula is C12H16ClN3O. The molecule has 4 nitrogen and oxygen atoms in total. The third kappa shape index (κ3) is 2.31. The van der Waals surface area contributed by atoms with Crippen LogP contribution in [0.1, 0.15) is 12.8 Å². The van der Waals surface area contributed by atoms with Gasteiger partial charge in [-0.2, -0.15) is 0 Å². The SMILES string of the molecule is CNC(=O)C1CCCN1c1cc(Cl)ccc1N. The first-order valence-corrected chi connectivity index (χ1v) is 6.04. The monoisotopic (exact) mass is 253 g/mol. The van der Waals surface area contributed by atoms with Gasteiger partial charge >= 0.3 is 0 Å². The fourth-order valence-corrected chi connectivity index (χ4v) is 2.43. The second-order valence-corrected chi connectivity index (χ2v) is 4.61. The Morgan fingerprint density at radius 3 is 3.06 bits per heavy atom. The number of carbonyl (C=O) groups is 1. The molecule has 0 saturated carbocycles. The number of nitrogens with one attached hydrogen (secondary N) is 1. The molecule has 92 valence electrons. The van der Waals surface area contributed by atoms with E-state index in [1.165, 1.54) is 0 Å². The zero-order valence-electron chi connectivity index (χ0n) is 9.74. The molecule has 2 rings (SSSR count). The van der Waals surface area contributed by atoms with Crippen molar-refractivity contribution in [2.45, 2.75) is 18.9 Å². The van der Waals surface area contributed by atoms with Gasteiger partial charge in [-0.25, -0.2) is 0 Å². The van der Waals surface area contributed by atoms with E-state index in [4.69, 9.17) is 17.3 Å². The molecule has 1 amide bonds. The molecule has 1 saturated heterocycles. The van der Waals surface area contributed by atoms with Gasteiger partial charge < -0.3 is 16.0 Å². The number of hydrogen-bond donors (Lipinski definition) is 2. The largest absolute Gasteiger partial charge is 0.397 e. The zero-order chi connectivity index (χ0) is 12.4. The van der Waals surface area contributed by atoms with Gasteiger partial charge in [-0.3, -0.25) is 4.79 Å². The standard InChI is InChI=1S/C12H16ClN3O/c1-15-12(17)10-3-2-6-16(10)11-7-8(13)4-5-9(11)14/h4-5,7,10H,2-3,6,14H2,1H3,(H,15,17). The first-order chi connectivity index (χ1) is 8.13. The lowest BCUT2D eigenvalue weighted by Gasteiger charge is -2.26. The number of anilines is 2. The van der Waals surface area contributed by atoms with E-state index in [1.54, 1.807) is 19.2 Å². The maximum atomic E-state index is 11.8. The summed E-state index contributed by atoms with van der Waals surface area (Å²) in [4.78, 5) is 13.8. The lowest BCUT2D eigenvalue weighted by atomic mass is 10.2. The Kier molecular flexibility index (Phi) is 3.43. The highest BCUT2D eigenvalue weighted by Gasteiger charge is 2.31. The number of benzene rings is 1. The third-order valence-electron chi connectivity index (χ3n) is 3.10. The minimum atomic E-state index is -0.138. The number of hydrogen-bond acceptors (Lipinski definition) is 3. The first-order valence-electron chi connectivity index (χ1n) is 5.66. The number of amides is 1. The maximum Gasteiger partial charge on any atom is 0.242 e. The van der Waals surface area contributed by atoms with Gasteiger partial charge in [-0.1, -0.05) is 11.6 Å². The van der Waals surface area contributed by atoms with Crippen molar-refractivity contribution >= 4 is 28.9 Å². The molecule has 0 spiro atoms. The van der Waals surface area contributed by atoms with Crippen molar-refractivity contribution in [1.29, 1.82) is 0 Å². The smallest absolute Gasteiger partial charge is 0.242 e. The molecule has 0 bridgehead atoms. The summed E-state index contributed by atoms with van der Waals surface area (Å²) in [5.74, 6) is 0.0295. The molecule has 0 aromatic heterocycles. The molecule has 0 radical (unpaired) electrons. The van der Waals surface area contributed by atoms with Crippen LogP contribution < -0.4 is 16.0 Å². The van der Waals surface area contributed by atoms with Gasteiger partial charge in [0.05, 0.1) is 11.4 Å². The van der Waals surface area contributed by atoms with E-state index in [9.17, 15) is 4.79 Å². The van der Waals surface area contributed by atoms with Crippen LogP contribution in [0.2, 0.25) is 5.02 Å². The van der Waals surface area contributed by atoms with Gasteiger partial charge in [0.25, 0.3) is 0 Å². The Balaban J connectivity index is 2.32. The number of nitrogen functional groups attached to an aromatic ring is 1. The second kappa shape index (κ2) is 4.84. The van der Waals surface area contributed by atoms with Crippen LogP contribution in [0.15, 0.2) is 18.2 Å². The maximum absolute atomic E-state index is 11.8.